The Morgan fingerprint density at radius 2 is 1.75 bits per heavy atom. The van der Waals surface area contributed by atoms with E-state index in [2.05, 4.69) is 26.8 Å². The van der Waals surface area contributed by atoms with Crippen molar-refractivity contribution < 1.29 is 14.4 Å². The van der Waals surface area contributed by atoms with Crippen LogP contribution in [0.2, 0.25) is 0 Å². The smallest absolute Gasteiger partial charge is 0.269 e. The summed E-state index contributed by atoms with van der Waals surface area (Å²) < 4.78 is 0.882. The normalized spacial score (nSPS) is 15.0. The molecule has 0 saturated carbocycles. The van der Waals surface area contributed by atoms with E-state index in [1.165, 1.54) is 0 Å². The molecule has 1 heterocycles. The van der Waals surface area contributed by atoms with Crippen molar-refractivity contribution in [1.29, 1.82) is 0 Å². The van der Waals surface area contributed by atoms with Gasteiger partial charge < -0.3 is 4.90 Å². The summed E-state index contributed by atoms with van der Waals surface area (Å²) in [6.07, 6.45) is 2.63. The number of nitrogens with zero attached hydrogens (tertiary/aromatic N) is 1. The fraction of sp³-hybridized carbons (Fsp3) is 0.471. The summed E-state index contributed by atoms with van der Waals surface area (Å²) in [7, 11) is 0. The predicted molar refractivity (Wildman–Crippen MR) is 94.0 cm³/mol. The van der Waals surface area contributed by atoms with Gasteiger partial charge in [-0.3, -0.25) is 25.2 Å². The lowest BCUT2D eigenvalue weighted by Crippen LogP contribution is -2.48. The number of hydrogen-bond donors (Lipinski definition) is 2. The Bertz CT molecular complexity index is 596. The minimum Gasteiger partial charge on any atom is -0.343 e. The zero-order valence-electron chi connectivity index (χ0n) is 13.7. The van der Waals surface area contributed by atoms with E-state index in [1.807, 2.05) is 11.8 Å². The van der Waals surface area contributed by atoms with Crippen LogP contribution in [-0.4, -0.2) is 35.7 Å². The molecule has 3 amide bonds. The maximum Gasteiger partial charge on any atom is 0.269 e. The van der Waals surface area contributed by atoms with Crippen LogP contribution in [0.4, 0.5) is 0 Å². The van der Waals surface area contributed by atoms with Gasteiger partial charge in [0.1, 0.15) is 0 Å². The van der Waals surface area contributed by atoms with Gasteiger partial charge in [0.2, 0.25) is 11.8 Å². The van der Waals surface area contributed by atoms with Gasteiger partial charge in [0.15, 0.2) is 0 Å². The van der Waals surface area contributed by atoms with E-state index in [1.54, 1.807) is 24.3 Å². The van der Waals surface area contributed by atoms with Crippen molar-refractivity contribution in [3.63, 3.8) is 0 Å². The molecular formula is C17H22BrN3O3. The lowest BCUT2D eigenvalue weighted by molar-refractivity contribution is -0.135. The second-order valence-electron chi connectivity index (χ2n) is 5.86. The molecule has 7 heteroatoms. The molecule has 2 N–H and O–H groups in total. The summed E-state index contributed by atoms with van der Waals surface area (Å²) in [5, 5.41) is 0. The zero-order chi connectivity index (χ0) is 17.5. The van der Waals surface area contributed by atoms with E-state index in [0.29, 0.717) is 37.9 Å². The summed E-state index contributed by atoms with van der Waals surface area (Å²) >= 11 is 3.30. The largest absolute Gasteiger partial charge is 0.343 e. The average molecular weight is 396 g/mol. The van der Waals surface area contributed by atoms with Crippen LogP contribution >= 0.6 is 15.9 Å². The van der Waals surface area contributed by atoms with Crippen LogP contribution in [0, 0.1) is 5.92 Å². The molecule has 0 aliphatic carbocycles. The van der Waals surface area contributed by atoms with Crippen LogP contribution < -0.4 is 10.9 Å². The monoisotopic (exact) mass is 395 g/mol. The molecule has 0 atom stereocenters. The minimum atomic E-state index is -0.355. The van der Waals surface area contributed by atoms with Gasteiger partial charge in [0, 0.05) is 35.5 Å². The topological polar surface area (TPSA) is 78.5 Å². The Morgan fingerprint density at radius 1 is 1.12 bits per heavy atom. The van der Waals surface area contributed by atoms with Crippen molar-refractivity contribution in [1.82, 2.24) is 15.8 Å². The fourth-order valence-electron chi connectivity index (χ4n) is 2.66. The number of benzene rings is 1. The molecule has 130 valence electrons. The first-order valence-electron chi connectivity index (χ1n) is 8.14. The maximum absolute atomic E-state index is 12.2. The van der Waals surface area contributed by atoms with Crippen molar-refractivity contribution in [2.75, 3.05) is 13.1 Å². The van der Waals surface area contributed by atoms with Crippen LogP contribution in [0.5, 0.6) is 0 Å². The highest BCUT2D eigenvalue weighted by Crippen LogP contribution is 2.18. The molecule has 0 aromatic heterocycles. The molecule has 2 rings (SSSR count). The van der Waals surface area contributed by atoms with Crippen LogP contribution in [0.3, 0.4) is 0 Å². The molecule has 1 fully saturated rings. The Morgan fingerprint density at radius 3 is 2.33 bits per heavy atom. The van der Waals surface area contributed by atoms with E-state index >= 15 is 0 Å². The van der Waals surface area contributed by atoms with E-state index in [9.17, 15) is 14.4 Å². The molecule has 1 aromatic carbocycles. The lowest BCUT2D eigenvalue weighted by Gasteiger charge is -2.31. The maximum atomic E-state index is 12.2. The number of likely N-dealkylation sites (tertiary alicyclic amines) is 1. The average Bonchev–Trinajstić information content (AvgIpc) is 2.60. The van der Waals surface area contributed by atoms with Crippen LogP contribution in [0.15, 0.2) is 28.7 Å². The Hall–Kier alpha value is -1.89. The quantitative estimate of drug-likeness (QED) is 0.767. The molecule has 24 heavy (non-hydrogen) atoms. The predicted octanol–water partition coefficient (Wildman–Crippen LogP) is 2.25. The highest BCUT2D eigenvalue weighted by Gasteiger charge is 2.27. The van der Waals surface area contributed by atoms with Gasteiger partial charge in [0.05, 0.1) is 0 Å². The van der Waals surface area contributed by atoms with E-state index in [-0.39, 0.29) is 23.6 Å². The third kappa shape index (κ3) is 5.06. The van der Waals surface area contributed by atoms with Crippen molar-refractivity contribution >= 4 is 33.7 Å². The molecule has 1 aliphatic rings. The number of halogens is 1. The van der Waals surface area contributed by atoms with Gasteiger partial charge in [-0.25, -0.2) is 0 Å². The Labute approximate surface area is 150 Å². The summed E-state index contributed by atoms with van der Waals surface area (Å²) in [5.41, 5.74) is 5.39. The van der Waals surface area contributed by atoms with Crippen LogP contribution in [0.25, 0.3) is 0 Å². The number of hydrogen-bond acceptors (Lipinski definition) is 3. The summed E-state index contributed by atoms with van der Waals surface area (Å²) in [6.45, 7) is 3.17. The lowest BCUT2D eigenvalue weighted by atomic mass is 9.96. The van der Waals surface area contributed by atoms with Gasteiger partial charge in [-0.05, 0) is 43.5 Å². The van der Waals surface area contributed by atoms with Crippen molar-refractivity contribution in [2.24, 2.45) is 5.92 Å². The van der Waals surface area contributed by atoms with Gasteiger partial charge in [-0.15, -0.1) is 0 Å². The van der Waals surface area contributed by atoms with E-state index < -0.39 is 0 Å². The number of amides is 3. The van der Waals surface area contributed by atoms with Crippen molar-refractivity contribution in [3.05, 3.63) is 34.3 Å². The summed E-state index contributed by atoms with van der Waals surface area (Å²) in [4.78, 5) is 37.8. The zero-order valence-corrected chi connectivity index (χ0v) is 15.3. The number of carbonyl (C=O) groups excluding carboxylic acids is 3. The highest BCUT2D eigenvalue weighted by atomic mass is 79.9. The fourth-order valence-corrected chi connectivity index (χ4v) is 2.92. The SMILES string of the molecule is CCCC(=O)N1CCC(C(=O)NNC(=O)c2ccc(Br)cc2)CC1. The second kappa shape index (κ2) is 8.82. The molecule has 0 bridgehead atoms. The molecule has 6 nitrogen and oxygen atoms in total. The van der Waals surface area contributed by atoms with Gasteiger partial charge in [-0.1, -0.05) is 22.9 Å². The number of carbonyl (C=O) groups is 3. The van der Waals surface area contributed by atoms with Gasteiger partial charge in [-0.2, -0.15) is 0 Å². The number of piperidine rings is 1. The molecule has 1 aliphatic heterocycles. The molecule has 0 radical (unpaired) electrons. The second-order valence-corrected chi connectivity index (χ2v) is 6.77. The third-order valence-corrected chi connectivity index (χ3v) is 4.62. The summed E-state index contributed by atoms with van der Waals surface area (Å²) in [5.74, 6) is -0.588. The number of hydrazine groups is 1. The van der Waals surface area contributed by atoms with Gasteiger partial charge >= 0.3 is 0 Å². The Balaban J connectivity index is 1.76. The molecular weight excluding hydrogens is 374 g/mol. The first-order chi connectivity index (χ1) is 11.5. The van der Waals surface area contributed by atoms with Crippen molar-refractivity contribution in [2.45, 2.75) is 32.6 Å². The Kier molecular flexibility index (Phi) is 6.78. The molecule has 0 unspecified atom stereocenters. The van der Waals surface area contributed by atoms with Crippen molar-refractivity contribution in [3.8, 4) is 0 Å². The van der Waals surface area contributed by atoms with Crippen LogP contribution in [0.1, 0.15) is 43.0 Å². The number of nitrogens with one attached hydrogen (secondary N) is 2. The van der Waals surface area contributed by atoms with Crippen LogP contribution in [-0.2, 0) is 9.59 Å². The first kappa shape index (κ1) is 18.4. The third-order valence-electron chi connectivity index (χ3n) is 4.09. The standard InChI is InChI=1S/C17H22BrN3O3/c1-2-3-15(22)21-10-8-13(9-11-21)17(24)20-19-16(23)12-4-6-14(18)7-5-12/h4-7,13H,2-3,8-11H2,1H3,(H,19,23)(H,20,24). The molecule has 0 spiro atoms. The molecule has 1 saturated heterocycles. The number of rotatable bonds is 4. The van der Waals surface area contributed by atoms with E-state index in [4.69, 9.17) is 0 Å². The highest BCUT2D eigenvalue weighted by molar-refractivity contribution is 9.10. The minimum absolute atomic E-state index is 0.153. The summed E-state index contributed by atoms with van der Waals surface area (Å²) in [6, 6.07) is 6.87. The van der Waals surface area contributed by atoms with Gasteiger partial charge in [0.25, 0.3) is 5.91 Å². The first-order valence-corrected chi connectivity index (χ1v) is 8.94. The van der Waals surface area contributed by atoms with E-state index in [0.717, 1.165) is 10.9 Å². The molecule has 1 aromatic rings.